The Hall–Kier alpha value is -0.320. The quantitative estimate of drug-likeness (QED) is 0.569. The first-order valence-corrected chi connectivity index (χ1v) is 3.74. The molecule has 56 valence electrons. The lowest BCUT2D eigenvalue weighted by Gasteiger charge is -2.06. The fourth-order valence-corrected chi connectivity index (χ4v) is 1.29. The average molecular weight is 205 g/mol. The van der Waals surface area contributed by atoms with Crippen molar-refractivity contribution >= 4 is 15.9 Å². The van der Waals surface area contributed by atoms with Crippen molar-refractivity contribution in [3.63, 3.8) is 0 Å². The second kappa shape index (κ2) is 3.18. The van der Waals surface area contributed by atoms with Crippen molar-refractivity contribution in [2.75, 3.05) is 0 Å². The van der Waals surface area contributed by atoms with Gasteiger partial charge >= 0.3 is 0 Å². The second-order valence-electron chi connectivity index (χ2n) is 2.04. The topological polar surface area (TPSA) is 51.2 Å². The molecule has 0 aliphatic heterocycles. The Morgan fingerprint density at radius 2 is 2.50 bits per heavy atom. The predicted molar refractivity (Wildman–Crippen MR) is 42.1 cm³/mol. The summed E-state index contributed by atoms with van der Waals surface area (Å²) in [4.78, 5) is 0. The zero-order valence-corrected chi connectivity index (χ0v) is 7.18. The maximum absolute atomic E-state index is 5.22. The molecule has 3 N–H and O–H groups in total. The van der Waals surface area contributed by atoms with Crippen LogP contribution in [-0.4, -0.2) is 0 Å². The van der Waals surface area contributed by atoms with Crippen LogP contribution < -0.4 is 11.3 Å². The van der Waals surface area contributed by atoms with Crippen LogP contribution in [0.25, 0.3) is 0 Å². The van der Waals surface area contributed by atoms with Crippen LogP contribution in [0.2, 0.25) is 0 Å². The number of hydrazine groups is 1. The van der Waals surface area contributed by atoms with Gasteiger partial charge in [0, 0.05) is 11.6 Å². The minimum atomic E-state index is 0.119. The Kier molecular flexibility index (Phi) is 2.48. The maximum Gasteiger partial charge on any atom is 0.173 e. The first-order chi connectivity index (χ1) is 4.75. The van der Waals surface area contributed by atoms with Gasteiger partial charge in [0.2, 0.25) is 0 Å². The van der Waals surface area contributed by atoms with Crippen LogP contribution in [0.15, 0.2) is 21.4 Å². The summed E-state index contributed by atoms with van der Waals surface area (Å²) in [5.41, 5.74) is 3.65. The van der Waals surface area contributed by atoms with Gasteiger partial charge in [0.15, 0.2) is 4.67 Å². The summed E-state index contributed by atoms with van der Waals surface area (Å²) in [6, 6.07) is 1.99. The zero-order chi connectivity index (χ0) is 7.56. The Morgan fingerprint density at radius 1 is 1.80 bits per heavy atom. The molecule has 0 spiro atoms. The Morgan fingerprint density at radius 3 is 2.90 bits per heavy atom. The van der Waals surface area contributed by atoms with Crippen LogP contribution in [0.4, 0.5) is 0 Å². The molecule has 1 atom stereocenters. The first kappa shape index (κ1) is 7.78. The van der Waals surface area contributed by atoms with Crippen LogP contribution in [-0.2, 0) is 0 Å². The maximum atomic E-state index is 5.22. The van der Waals surface area contributed by atoms with Crippen LogP contribution in [0, 0.1) is 0 Å². The highest BCUT2D eigenvalue weighted by molar-refractivity contribution is 9.10. The third-order valence-corrected chi connectivity index (χ3v) is 2.01. The van der Waals surface area contributed by atoms with Crippen LogP contribution in [0.3, 0.4) is 0 Å². The standard InChI is InChI=1S/C6H9BrN2O/c1-4(9-8)5-2-3-10-6(5)7/h2-4,9H,8H2,1H3. The molecule has 10 heavy (non-hydrogen) atoms. The molecular formula is C6H9BrN2O. The Balaban J connectivity index is 2.82. The van der Waals surface area contributed by atoms with E-state index in [0.717, 1.165) is 10.2 Å². The van der Waals surface area contributed by atoms with E-state index in [1.54, 1.807) is 6.26 Å². The Bertz CT molecular complexity index is 211. The smallest absolute Gasteiger partial charge is 0.173 e. The highest BCUT2D eigenvalue weighted by Crippen LogP contribution is 2.23. The van der Waals surface area contributed by atoms with E-state index in [0.29, 0.717) is 0 Å². The van der Waals surface area contributed by atoms with Crippen LogP contribution in [0.5, 0.6) is 0 Å². The fraction of sp³-hybridized carbons (Fsp3) is 0.333. The Labute approximate surface area is 67.7 Å². The van der Waals surface area contributed by atoms with Crippen molar-refractivity contribution in [2.45, 2.75) is 13.0 Å². The molecule has 1 rings (SSSR count). The molecule has 1 aromatic heterocycles. The van der Waals surface area contributed by atoms with Gasteiger partial charge in [-0.1, -0.05) is 0 Å². The molecule has 3 nitrogen and oxygen atoms in total. The van der Waals surface area contributed by atoms with Gasteiger partial charge in [-0.25, -0.2) is 0 Å². The molecule has 1 aromatic rings. The highest BCUT2D eigenvalue weighted by atomic mass is 79.9. The molecular weight excluding hydrogens is 196 g/mol. The van der Waals surface area contributed by atoms with Gasteiger partial charge in [-0.05, 0) is 28.9 Å². The van der Waals surface area contributed by atoms with Crippen molar-refractivity contribution < 1.29 is 4.42 Å². The summed E-state index contributed by atoms with van der Waals surface area (Å²) in [5.74, 6) is 5.22. The van der Waals surface area contributed by atoms with Gasteiger partial charge < -0.3 is 4.42 Å². The lowest BCUT2D eigenvalue weighted by Crippen LogP contribution is -2.25. The summed E-state index contributed by atoms with van der Waals surface area (Å²) in [7, 11) is 0. The number of nitrogens with one attached hydrogen (secondary N) is 1. The molecule has 1 unspecified atom stereocenters. The van der Waals surface area contributed by atoms with Crippen molar-refractivity contribution in [1.82, 2.24) is 5.43 Å². The summed E-state index contributed by atoms with van der Waals surface area (Å²) < 4.78 is 5.74. The first-order valence-electron chi connectivity index (χ1n) is 2.94. The third kappa shape index (κ3) is 1.39. The van der Waals surface area contributed by atoms with Gasteiger partial charge in [-0.15, -0.1) is 0 Å². The molecule has 0 aromatic carbocycles. The van der Waals surface area contributed by atoms with Gasteiger partial charge in [-0.2, -0.15) is 0 Å². The number of hydrogen-bond donors (Lipinski definition) is 2. The number of furan rings is 1. The van der Waals surface area contributed by atoms with Crippen molar-refractivity contribution in [3.8, 4) is 0 Å². The number of nitrogens with two attached hydrogens (primary N) is 1. The van der Waals surface area contributed by atoms with Crippen molar-refractivity contribution in [3.05, 3.63) is 22.6 Å². The summed E-state index contributed by atoms with van der Waals surface area (Å²) in [6.07, 6.45) is 1.62. The SMILES string of the molecule is CC(NN)c1ccoc1Br. The molecule has 4 heteroatoms. The van der Waals surface area contributed by atoms with Gasteiger partial charge in [0.25, 0.3) is 0 Å². The van der Waals surface area contributed by atoms with Gasteiger partial charge in [0.1, 0.15) is 0 Å². The van der Waals surface area contributed by atoms with E-state index in [1.165, 1.54) is 0 Å². The molecule has 0 radical (unpaired) electrons. The molecule has 0 aliphatic rings. The number of rotatable bonds is 2. The molecule has 0 amide bonds. The monoisotopic (exact) mass is 204 g/mol. The molecule has 0 bridgehead atoms. The molecule has 1 heterocycles. The summed E-state index contributed by atoms with van der Waals surface area (Å²) in [6.45, 7) is 1.95. The number of halogens is 1. The minimum Gasteiger partial charge on any atom is -0.457 e. The van der Waals surface area contributed by atoms with Crippen LogP contribution >= 0.6 is 15.9 Å². The number of hydrogen-bond acceptors (Lipinski definition) is 3. The van der Waals surface area contributed by atoms with E-state index in [4.69, 9.17) is 10.3 Å². The third-order valence-electron chi connectivity index (χ3n) is 1.36. The second-order valence-corrected chi connectivity index (χ2v) is 2.76. The van der Waals surface area contributed by atoms with Crippen molar-refractivity contribution in [1.29, 1.82) is 0 Å². The summed E-state index contributed by atoms with van der Waals surface area (Å²) >= 11 is 3.25. The minimum absolute atomic E-state index is 0.119. The van der Waals surface area contributed by atoms with E-state index in [-0.39, 0.29) is 6.04 Å². The van der Waals surface area contributed by atoms with Crippen molar-refractivity contribution in [2.24, 2.45) is 5.84 Å². The largest absolute Gasteiger partial charge is 0.457 e. The lowest BCUT2D eigenvalue weighted by atomic mass is 10.2. The molecule has 0 saturated carbocycles. The highest BCUT2D eigenvalue weighted by Gasteiger charge is 2.08. The van der Waals surface area contributed by atoms with E-state index in [9.17, 15) is 0 Å². The normalized spacial score (nSPS) is 13.5. The van der Waals surface area contributed by atoms with Gasteiger partial charge in [-0.3, -0.25) is 11.3 Å². The fourth-order valence-electron chi connectivity index (χ4n) is 0.705. The molecule has 0 fully saturated rings. The van der Waals surface area contributed by atoms with Gasteiger partial charge in [0.05, 0.1) is 6.26 Å². The van der Waals surface area contributed by atoms with E-state index in [2.05, 4.69) is 21.4 Å². The predicted octanol–water partition coefficient (Wildman–Crippen LogP) is 1.57. The zero-order valence-electron chi connectivity index (χ0n) is 5.60. The van der Waals surface area contributed by atoms with E-state index in [1.807, 2.05) is 13.0 Å². The van der Waals surface area contributed by atoms with Crippen LogP contribution in [0.1, 0.15) is 18.5 Å². The molecule has 0 aliphatic carbocycles. The lowest BCUT2D eigenvalue weighted by molar-refractivity contribution is 0.521. The van der Waals surface area contributed by atoms with E-state index < -0.39 is 0 Å². The summed E-state index contributed by atoms with van der Waals surface area (Å²) in [5, 5.41) is 0. The van der Waals surface area contributed by atoms with E-state index >= 15 is 0 Å². The molecule has 0 saturated heterocycles. The average Bonchev–Trinajstić information content (AvgIpc) is 2.34.